The second-order valence-electron chi connectivity index (χ2n) is 6.39. The largest absolute Gasteiger partial charge is 0.332 e. The number of benzene rings is 1. The van der Waals surface area contributed by atoms with E-state index in [1.165, 1.54) is 18.7 Å². The first-order valence-corrected chi connectivity index (χ1v) is 8.47. The maximum Gasteiger partial charge on any atom is 0.332 e. The zero-order valence-corrected chi connectivity index (χ0v) is 15.1. The van der Waals surface area contributed by atoms with Crippen molar-refractivity contribution in [2.24, 2.45) is 14.1 Å². The molecule has 0 unspecified atom stereocenters. The van der Waals surface area contributed by atoms with Crippen molar-refractivity contribution in [3.05, 3.63) is 62.1 Å². The number of imide groups is 1. The molecular formula is C18H17N5O4. The lowest BCUT2D eigenvalue weighted by Crippen LogP contribution is -2.37. The van der Waals surface area contributed by atoms with Crippen LogP contribution in [0.1, 0.15) is 33.5 Å². The summed E-state index contributed by atoms with van der Waals surface area (Å²) in [4.78, 5) is 55.5. The number of carbonyl (C=O) groups is 2. The van der Waals surface area contributed by atoms with Crippen molar-refractivity contribution in [2.45, 2.75) is 20.0 Å². The molecule has 1 aromatic carbocycles. The molecule has 0 atom stereocenters. The Bertz CT molecular complexity index is 1210. The predicted octanol–water partition coefficient (Wildman–Crippen LogP) is 0.250. The Morgan fingerprint density at radius 1 is 0.926 bits per heavy atom. The number of fused-ring (bicyclic) bond motifs is 2. The standard InChI is InChI=1S/C18H17N5O4/c1-4-22-12(19-14-13(22)17(26)21(3)18(27)20(14)2)9-23-15(24)10-7-5-6-8-11(10)16(23)25/h5-8H,4,9H2,1-3H3. The number of rotatable bonds is 3. The lowest BCUT2D eigenvalue weighted by molar-refractivity contribution is 0.0637. The average Bonchev–Trinajstić information content (AvgIpc) is 3.16. The molecule has 2 aromatic heterocycles. The number of hydrogen-bond donors (Lipinski definition) is 0. The Hall–Kier alpha value is -3.49. The molecule has 0 fully saturated rings. The van der Waals surface area contributed by atoms with Gasteiger partial charge >= 0.3 is 5.69 Å². The highest BCUT2D eigenvalue weighted by Gasteiger charge is 2.36. The van der Waals surface area contributed by atoms with Crippen LogP contribution >= 0.6 is 0 Å². The third-order valence-corrected chi connectivity index (χ3v) is 4.92. The van der Waals surface area contributed by atoms with Crippen LogP contribution in [0.4, 0.5) is 0 Å². The van der Waals surface area contributed by atoms with Crippen LogP contribution in [-0.4, -0.2) is 35.4 Å². The number of imidazole rings is 1. The van der Waals surface area contributed by atoms with Crippen molar-refractivity contribution in [3.8, 4) is 0 Å². The first-order chi connectivity index (χ1) is 12.9. The van der Waals surface area contributed by atoms with E-state index in [2.05, 4.69) is 4.98 Å². The van der Waals surface area contributed by atoms with Gasteiger partial charge in [0, 0.05) is 20.6 Å². The van der Waals surface area contributed by atoms with Crippen LogP contribution in [0.15, 0.2) is 33.9 Å². The van der Waals surface area contributed by atoms with Crippen molar-refractivity contribution in [1.29, 1.82) is 0 Å². The molecule has 3 aromatic rings. The molecule has 0 saturated heterocycles. The van der Waals surface area contributed by atoms with Crippen LogP contribution in [0.2, 0.25) is 0 Å². The summed E-state index contributed by atoms with van der Waals surface area (Å²) in [6.45, 7) is 2.16. The Kier molecular flexibility index (Phi) is 3.62. The lowest BCUT2D eigenvalue weighted by Gasteiger charge is -2.14. The van der Waals surface area contributed by atoms with Crippen molar-refractivity contribution in [1.82, 2.24) is 23.6 Å². The van der Waals surface area contributed by atoms with E-state index < -0.39 is 23.1 Å². The molecule has 3 heterocycles. The minimum Gasteiger partial charge on any atom is -0.321 e. The van der Waals surface area contributed by atoms with Crippen LogP contribution < -0.4 is 11.2 Å². The first-order valence-electron chi connectivity index (χ1n) is 8.47. The molecule has 9 nitrogen and oxygen atoms in total. The zero-order chi connectivity index (χ0) is 19.5. The van der Waals surface area contributed by atoms with E-state index in [1.54, 1.807) is 28.8 Å². The predicted molar refractivity (Wildman–Crippen MR) is 96.5 cm³/mol. The average molecular weight is 367 g/mol. The Labute approximate surface area is 153 Å². The van der Waals surface area contributed by atoms with E-state index in [0.717, 1.165) is 9.47 Å². The smallest absolute Gasteiger partial charge is 0.321 e. The summed E-state index contributed by atoms with van der Waals surface area (Å²) in [7, 11) is 2.93. The molecule has 9 heteroatoms. The van der Waals surface area contributed by atoms with E-state index >= 15 is 0 Å². The number of aryl methyl sites for hydroxylation is 2. The van der Waals surface area contributed by atoms with E-state index in [1.807, 2.05) is 6.92 Å². The molecule has 0 saturated carbocycles. The van der Waals surface area contributed by atoms with Gasteiger partial charge in [0.25, 0.3) is 17.4 Å². The summed E-state index contributed by atoms with van der Waals surface area (Å²) >= 11 is 0. The maximum absolute atomic E-state index is 12.6. The normalized spacial score (nSPS) is 13.7. The van der Waals surface area contributed by atoms with Crippen LogP contribution in [0, 0.1) is 0 Å². The van der Waals surface area contributed by atoms with Gasteiger partial charge in [-0.25, -0.2) is 9.78 Å². The van der Waals surface area contributed by atoms with E-state index in [-0.39, 0.29) is 17.7 Å². The fourth-order valence-corrected chi connectivity index (χ4v) is 3.48. The molecule has 138 valence electrons. The van der Waals surface area contributed by atoms with Gasteiger partial charge in [0.1, 0.15) is 5.82 Å². The minimum absolute atomic E-state index is 0.0772. The highest BCUT2D eigenvalue weighted by molar-refractivity contribution is 6.21. The third-order valence-electron chi connectivity index (χ3n) is 4.92. The second kappa shape index (κ2) is 5.76. The summed E-state index contributed by atoms with van der Waals surface area (Å²) in [5.41, 5.74) is 0.261. The number of nitrogens with zero attached hydrogens (tertiary/aromatic N) is 5. The summed E-state index contributed by atoms with van der Waals surface area (Å²) in [5.74, 6) is -0.417. The van der Waals surface area contributed by atoms with Gasteiger partial charge in [0.15, 0.2) is 11.2 Å². The van der Waals surface area contributed by atoms with Crippen LogP contribution in [0.25, 0.3) is 11.2 Å². The molecule has 0 aliphatic carbocycles. The fraction of sp³-hybridized carbons (Fsp3) is 0.278. The van der Waals surface area contributed by atoms with Crippen molar-refractivity contribution < 1.29 is 9.59 Å². The van der Waals surface area contributed by atoms with Crippen LogP contribution in [0.5, 0.6) is 0 Å². The maximum atomic E-state index is 12.6. The summed E-state index contributed by atoms with van der Waals surface area (Å²) in [5, 5.41) is 0. The molecule has 27 heavy (non-hydrogen) atoms. The highest BCUT2D eigenvalue weighted by Crippen LogP contribution is 2.24. The monoisotopic (exact) mass is 367 g/mol. The number of aromatic nitrogens is 4. The molecule has 4 rings (SSSR count). The van der Waals surface area contributed by atoms with Gasteiger partial charge in [-0.15, -0.1) is 0 Å². The molecule has 2 amide bonds. The molecule has 1 aliphatic heterocycles. The minimum atomic E-state index is -0.486. The third kappa shape index (κ3) is 2.21. The molecular weight excluding hydrogens is 350 g/mol. The summed E-state index contributed by atoms with van der Waals surface area (Å²) in [6.07, 6.45) is 0. The Morgan fingerprint density at radius 2 is 1.52 bits per heavy atom. The van der Waals surface area contributed by atoms with Crippen LogP contribution in [0.3, 0.4) is 0 Å². The first kappa shape index (κ1) is 17.0. The van der Waals surface area contributed by atoms with Crippen molar-refractivity contribution in [2.75, 3.05) is 0 Å². The van der Waals surface area contributed by atoms with Gasteiger partial charge in [-0.05, 0) is 19.1 Å². The van der Waals surface area contributed by atoms with Crippen molar-refractivity contribution in [3.63, 3.8) is 0 Å². The van der Waals surface area contributed by atoms with Crippen LogP contribution in [-0.2, 0) is 27.2 Å². The highest BCUT2D eigenvalue weighted by atomic mass is 16.2. The molecule has 0 bridgehead atoms. The van der Waals surface area contributed by atoms with Gasteiger partial charge in [0.05, 0.1) is 17.7 Å². The summed E-state index contributed by atoms with van der Waals surface area (Å²) in [6, 6.07) is 6.62. The molecule has 1 aliphatic rings. The second-order valence-corrected chi connectivity index (χ2v) is 6.39. The SMILES string of the molecule is CCn1c(CN2C(=O)c3ccccc3C2=O)nc2c1c(=O)n(C)c(=O)n2C. The van der Waals surface area contributed by atoms with E-state index in [4.69, 9.17) is 0 Å². The number of carbonyl (C=O) groups excluding carboxylic acids is 2. The van der Waals surface area contributed by atoms with E-state index in [0.29, 0.717) is 23.5 Å². The zero-order valence-electron chi connectivity index (χ0n) is 15.1. The van der Waals surface area contributed by atoms with Crippen molar-refractivity contribution >= 4 is 23.0 Å². The quantitative estimate of drug-likeness (QED) is 0.618. The fourth-order valence-electron chi connectivity index (χ4n) is 3.48. The molecule has 0 spiro atoms. The lowest BCUT2D eigenvalue weighted by atomic mass is 10.1. The van der Waals surface area contributed by atoms with Gasteiger partial charge in [-0.3, -0.25) is 28.4 Å². The van der Waals surface area contributed by atoms with Gasteiger partial charge in [-0.2, -0.15) is 0 Å². The topological polar surface area (TPSA) is 99.2 Å². The molecule has 0 N–H and O–H groups in total. The molecule has 0 radical (unpaired) electrons. The number of amides is 2. The van der Waals surface area contributed by atoms with Gasteiger partial charge < -0.3 is 4.57 Å². The Balaban J connectivity index is 1.87. The van der Waals surface area contributed by atoms with E-state index in [9.17, 15) is 19.2 Å². The number of hydrogen-bond acceptors (Lipinski definition) is 5. The Morgan fingerprint density at radius 3 is 2.07 bits per heavy atom. The summed E-state index contributed by atoms with van der Waals surface area (Å²) < 4.78 is 3.94. The van der Waals surface area contributed by atoms with Gasteiger partial charge in [0.2, 0.25) is 0 Å². The van der Waals surface area contributed by atoms with Gasteiger partial charge in [-0.1, -0.05) is 12.1 Å².